The molecule has 2 rings (SSSR count). The van der Waals surface area contributed by atoms with Gasteiger partial charge < -0.3 is 4.90 Å². The van der Waals surface area contributed by atoms with Crippen molar-refractivity contribution in [2.45, 2.75) is 32.6 Å². The highest BCUT2D eigenvalue weighted by molar-refractivity contribution is 5.50. The van der Waals surface area contributed by atoms with E-state index in [0.717, 1.165) is 24.7 Å². The normalized spacial score (nSPS) is 16.6. The van der Waals surface area contributed by atoms with Gasteiger partial charge in [-0.15, -0.1) is 0 Å². The van der Waals surface area contributed by atoms with E-state index >= 15 is 0 Å². The van der Waals surface area contributed by atoms with Crippen molar-refractivity contribution in [3.05, 3.63) is 29.6 Å². The van der Waals surface area contributed by atoms with E-state index in [9.17, 15) is 4.39 Å². The standard InChI is InChI=1S/C15H19FN2/c1-2-3-12-6-8-18(9-7-12)14-5-4-13(11-17)15(16)10-14/h4-5,10,12H,2-3,6-9H2,1H3. The van der Waals surface area contributed by atoms with Crippen LogP contribution in [0, 0.1) is 23.1 Å². The maximum atomic E-state index is 13.6. The number of anilines is 1. The molecule has 0 N–H and O–H groups in total. The minimum Gasteiger partial charge on any atom is -0.371 e. The number of rotatable bonds is 3. The molecule has 1 aliphatic rings. The summed E-state index contributed by atoms with van der Waals surface area (Å²) < 4.78 is 13.6. The molecule has 0 bridgehead atoms. The van der Waals surface area contributed by atoms with E-state index in [4.69, 9.17) is 5.26 Å². The van der Waals surface area contributed by atoms with Crippen LogP contribution in [0.25, 0.3) is 0 Å². The summed E-state index contributed by atoms with van der Waals surface area (Å²) in [6, 6.07) is 6.76. The Labute approximate surface area is 108 Å². The van der Waals surface area contributed by atoms with Crippen molar-refractivity contribution in [3.63, 3.8) is 0 Å². The molecule has 0 radical (unpaired) electrons. The van der Waals surface area contributed by atoms with Crippen molar-refractivity contribution in [2.24, 2.45) is 5.92 Å². The molecule has 1 heterocycles. The summed E-state index contributed by atoms with van der Waals surface area (Å²) in [6.45, 7) is 4.22. The van der Waals surface area contributed by atoms with E-state index < -0.39 is 5.82 Å². The molecule has 1 fully saturated rings. The number of piperidine rings is 1. The minimum atomic E-state index is -0.411. The van der Waals surface area contributed by atoms with Crippen LogP contribution in [0.1, 0.15) is 38.2 Å². The smallest absolute Gasteiger partial charge is 0.143 e. The summed E-state index contributed by atoms with van der Waals surface area (Å²) in [5.74, 6) is 0.417. The lowest BCUT2D eigenvalue weighted by molar-refractivity contribution is 0.378. The van der Waals surface area contributed by atoms with Crippen LogP contribution in [0.5, 0.6) is 0 Å². The molecule has 0 aliphatic carbocycles. The van der Waals surface area contributed by atoms with Gasteiger partial charge in [-0.05, 0) is 37.0 Å². The zero-order valence-electron chi connectivity index (χ0n) is 10.8. The van der Waals surface area contributed by atoms with Crippen LogP contribution in [0.3, 0.4) is 0 Å². The van der Waals surface area contributed by atoms with Gasteiger partial charge in [0.25, 0.3) is 0 Å². The molecule has 0 atom stereocenters. The maximum Gasteiger partial charge on any atom is 0.143 e. The second-order valence-corrected chi connectivity index (χ2v) is 5.00. The number of benzene rings is 1. The van der Waals surface area contributed by atoms with Crippen molar-refractivity contribution in [3.8, 4) is 6.07 Å². The molecule has 2 nitrogen and oxygen atoms in total. The fourth-order valence-electron chi connectivity index (χ4n) is 2.68. The number of nitrogens with zero attached hydrogens (tertiary/aromatic N) is 2. The largest absolute Gasteiger partial charge is 0.371 e. The summed E-state index contributed by atoms with van der Waals surface area (Å²) >= 11 is 0. The zero-order chi connectivity index (χ0) is 13.0. The molecule has 0 saturated carbocycles. The first-order valence-corrected chi connectivity index (χ1v) is 6.69. The SMILES string of the molecule is CCCC1CCN(c2ccc(C#N)c(F)c2)CC1. The third-order valence-electron chi connectivity index (χ3n) is 3.75. The molecule has 1 saturated heterocycles. The average Bonchev–Trinajstić information content (AvgIpc) is 2.40. The van der Waals surface area contributed by atoms with E-state index in [1.165, 1.54) is 31.7 Å². The Morgan fingerprint density at radius 3 is 2.67 bits per heavy atom. The number of halogens is 1. The van der Waals surface area contributed by atoms with Crippen molar-refractivity contribution in [2.75, 3.05) is 18.0 Å². The Morgan fingerprint density at radius 1 is 1.39 bits per heavy atom. The van der Waals surface area contributed by atoms with Gasteiger partial charge >= 0.3 is 0 Å². The zero-order valence-corrected chi connectivity index (χ0v) is 10.8. The van der Waals surface area contributed by atoms with Gasteiger partial charge in [0.05, 0.1) is 5.56 Å². The first-order chi connectivity index (χ1) is 8.74. The van der Waals surface area contributed by atoms with Crippen LogP contribution in [-0.4, -0.2) is 13.1 Å². The molecule has 1 aromatic carbocycles. The molecule has 0 spiro atoms. The average molecular weight is 246 g/mol. The summed E-state index contributed by atoms with van der Waals surface area (Å²) in [7, 11) is 0. The molecule has 1 aromatic rings. The summed E-state index contributed by atoms with van der Waals surface area (Å²) in [4.78, 5) is 2.22. The van der Waals surface area contributed by atoms with Crippen LogP contribution in [0.2, 0.25) is 0 Å². The third kappa shape index (κ3) is 2.81. The molecular weight excluding hydrogens is 227 g/mol. The van der Waals surface area contributed by atoms with E-state index in [1.54, 1.807) is 6.07 Å². The van der Waals surface area contributed by atoms with E-state index in [2.05, 4.69) is 11.8 Å². The fraction of sp³-hybridized carbons (Fsp3) is 0.533. The van der Waals surface area contributed by atoms with Crippen molar-refractivity contribution < 1.29 is 4.39 Å². The monoisotopic (exact) mass is 246 g/mol. The van der Waals surface area contributed by atoms with Gasteiger partial charge in [0, 0.05) is 18.8 Å². The molecule has 1 aliphatic heterocycles. The van der Waals surface area contributed by atoms with Crippen molar-refractivity contribution in [1.82, 2.24) is 0 Å². The number of hydrogen-bond donors (Lipinski definition) is 0. The first-order valence-electron chi connectivity index (χ1n) is 6.69. The van der Waals surface area contributed by atoms with Gasteiger partial charge in [0.2, 0.25) is 0 Å². The molecular formula is C15H19FN2. The van der Waals surface area contributed by atoms with Gasteiger partial charge in [-0.2, -0.15) is 5.26 Å². The summed E-state index contributed by atoms with van der Waals surface area (Å²) in [6.07, 6.45) is 4.93. The lowest BCUT2D eigenvalue weighted by Gasteiger charge is -2.33. The second-order valence-electron chi connectivity index (χ2n) is 5.00. The minimum absolute atomic E-state index is 0.125. The second kappa shape index (κ2) is 5.86. The third-order valence-corrected chi connectivity index (χ3v) is 3.75. The predicted octanol–water partition coefficient (Wildman–Crippen LogP) is 3.71. The van der Waals surface area contributed by atoms with Crippen molar-refractivity contribution >= 4 is 5.69 Å². The predicted molar refractivity (Wildman–Crippen MR) is 71.0 cm³/mol. The molecule has 0 unspecified atom stereocenters. The maximum absolute atomic E-state index is 13.6. The Balaban J connectivity index is 2.02. The van der Waals surface area contributed by atoms with Crippen LogP contribution >= 0.6 is 0 Å². The van der Waals surface area contributed by atoms with Crippen LogP contribution < -0.4 is 4.90 Å². The van der Waals surface area contributed by atoms with Gasteiger partial charge in [0.1, 0.15) is 11.9 Å². The van der Waals surface area contributed by atoms with Crippen LogP contribution in [0.15, 0.2) is 18.2 Å². The molecule has 3 heteroatoms. The summed E-state index contributed by atoms with van der Waals surface area (Å²) in [5.41, 5.74) is 1.03. The fourth-order valence-corrected chi connectivity index (χ4v) is 2.68. The molecule has 0 amide bonds. The van der Waals surface area contributed by atoms with Gasteiger partial charge in [0.15, 0.2) is 0 Å². The van der Waals surface area contributed by atoms with E-state index in [1.807, 2.05) is 12.1 Å². The highest BCUT2D eigenvalue weighted by Crippen LogP contribution is 2.26. The highest BCUT2D eigenvalue weighted by Gasteiger charge is 2.19. The highest BCUT2D eigenvalue weighted by atomic mass is 19.1. The molecule has 18 heavy (non-hydrogen) atoms. The molecule has 0 aromatic heterocycles. The molecule has 96 valence electrons. The number of hydrogen-bond acceptors (Lipinski definition) is 2. The van der Waals surface area contributed by atoms with E-state index in [0.29, 0.717) is 0 Å². The van der Waals surface area contributed by atoms with Gasteiger partial charge in [-0.1, -0.05) is 19.8 Å². The lowest BCUT2D eigenvalue weighted by Crippen LogP contribution is -2.33. The quantitative estimate of drug-likeness (QED) is 0.812. The van der Waals surface area contributed by atoms with Gasteiger partial charge in [-0.3, -0.25) is 0 Å². The van der Waals surface area contributed by atoms with Crippen LogP contribution in [0.4, 0.5) is 10.1 Å². The Hall–Kier alpha value is -1.56. The van der Waals surface area contributed by atoms with Crippen LogP contribution in [-0.2, 0) is 0 Å². The first kappa shape index (κ1) is 12.9. The van der Waals surface area contributed by atoms with Gasteiger partial charge in [-0.25, -0.2) is 4.39 Å². The lowest BCUT2D eigenvalue weighted by atomic mass is 9.92. The topological polar surface area (TPSA) is 27.0 Å². The summed E-state index contributed by atoms with van der Waals surface area (Å²) in [5, 5.41) is 8.71. The Kier molecular flexibility index (Phi) is 4.19. The number of nitriles is 1. The van der Waals surface area contributed by atoms with Crippen molar-refractivity contribution in [1.29, 1.82) is 5.26 Å². The Bertz CT molecular complexity index is 442. The Morgan fingerprint density at radius 2 is 2.11 bits per heavy atom. The van der Waals surface area contributed by atoms with E-state index in [-0.39, 0.29) is 5.56 Å².